The lowest BCUT2D eigenvalue weighted by molar-refractivity contribution is 0.339. The van der Waals surface area contributed by atoms with Crippen molar-refractivity contribution in [1.82, 2.24) is 0 Å². The Balaban J connectivity index is 2.83. The molecular formula is C10H15NO2. The Bertz CT molecular complexity index is 274. The van der Waals surface area contributed by atoms with Crippen molar-refractivity contribution in [2.75, 3.05) is 18.5 Å². The minimum absolute atomic E-state index is 0.255. The Kier molecular flexibility index (Phi) is 3.43. The smallest absolute Gasteiger partial charge is 0.138 e. The van der Waals surface area contributed by atoms with E-state index in [1.54, 1.807) is 18.2 Å². The molecule has 0 atom stereocenters. The molecule has 0 unspecified atom stereocenters. The molecule has 0 aliphatic carbocycles. The Morgan fingerprint density at radius 1 is 1.38 bits per heavy atom. The summed E-state index contributed by atoms with van der Waals surface area (Å²) in [6.45, 7) is 5.33. The molecule has 0 aliphatic rings. The summed E-state index contributed by atoms with van der Waals surface area (Å²) in [5.41, 5.74) is 0.716. The van der Waals surface area contributed by atoms with Crippen LogP contribution < -0.4 is 10.1 Å². The first-order chi connectivity index (χ1) is 6.27. The molecule has 3 heteroatoms. The Labute approximate surface area is 78.3 Å². The molecule has 0 amide bonds. The lowest BCUT2D eigenvalue weighted by Gasteiger charge is -2.08. The first kappa shape index (κ1) is 9.71. The van der Waals surface area contributed by atoms with E-state index in [2.05, 4.69) is 5.32 Å². The second-order valence-electron chi connectivity index (χ2n) is 2.64. The van der Waals surface area contributed by atoms with Gasteiger partial charge in [0.05, 0.1) is 12.3 Å². The molecule has 0 aromatic heterocycles. The molecule has 0 saturated heterocycles. The fraction of sp³-hybridized carbons (Fsp3) is 0.400. The predicted molar refractivity (Wildman–Crippen MR) is 53.4 cm³/mol. The third-order valence-corrected chi connectivity index (χ3v) is 1.65. The quantitative estimate of drug-likeness (QED) is 0.700. The molecular weight excluding hydrogens is 166 g/mol. The molecule has 0 radical (unpaired) electrons. The van der Waals surface area contributed by atoms with E-state index >= 15 is 0 Å². The van der Waals surface area contributed by atoms with Crippen LogP contribution >= 0.6 is 0 Å². The average molecular weight is 181 g/mol. The van der Waals surface area contributed by atoms with Gasteiger partial charge in [-0.15, -0.1) is 0 Å². The lowest BCUT2D eigenvalue weighted by Crippen LogP contribution is -1.98. The summed E-state index contributed by atoms with van der Waals surface area (Å²) < 4.78 is 5.30. The van der Waals surface area contributed by atoms with Crippen LogP contribution in [0.3, 0.4) is 0 Å². The van der Waals surface area contributed by atoms with Crippen molar-refractivity contribution in [1.29, 1.82) is 0 Å². The second-order valence-corrected chi connectivity index (χ2v) is 2.64. The summed E-state index contributed by atoms with van der Waals surface area (Å²) in [6, 6.07) is 5.17. The van der Waals surface area contributed by atoms with Crippen LogP contribution in [0.25, 0.3) is 0 Å². The van der Waals surface area contributed by atoms with Gasteiger partial charge in [0.15, 0.2) is 0 Å². The Morgan fingerprint density at radius 3 is 2.77 bits per heavy atom. The number of hydrogen-bond donors (Lipinski definition) is 2. The van der Waals surface area contributed by atoms with Gasteiger partial charge >= 0.3 is 0 Å². The zero-order valence-electron chi connectivity index (χ0n) is 8.00. The fourth-order valence-electron chi connectivity index (χ4n) is 1.10. The minimum atomic E-state index is 0.255. The number of benzene rings is 1. The van der Waals surface area contributed by atoms with Gasteiger partial charge in [-0.2, -0.15) is 0 Å². The highest BCUT2D eigenvalue weighted by Crippen LogP contribution is 2.27. The van der Waals surface area contributed by atoms with Crippen LogP contribution in [0.4, 0.5) is 5.69 Å². The molecule has 0 bridgehead atoms. The van der Waals surface area contributed by atoms with Crippen molar-refractivity contribution in [2.24, 2.45) is 0 Å². The van der Waals surface area contributed by atoms with Crippen molar-refractivity contribution < 1.29 is 9.84 Å². The minimum Gasteiger partial charge on any atom is -0.506 e. The zero-order chi connectivity index (χ0) is 9.68. The maximum absolute atomic E-state index is 9.42. The van der Waals surface area contributed by atoms with E-state index in [1.165, 1.54) is 0 Å². The summed E-state index contributed by atoms with van der Waals surface area (Å²) in [4.78, 5) is 0. The van der Waals surface area contributed by atoms with Gasteiger partial charge in [-0.1, -0.05) is 0 Å². The van der Waals surface area contributed by atoms with Gasteiger partial charge in [0, 0.05) is 12.6 Å². The highest BCUT2D eigenvalue weighted by atomic mass is 16.5. The van der Waals surface area contributed by atoms with Gasteiger partial charge in [-0.05, 0) is 26.0 Å². The van der Waals surface area contributed by atoms with Crippen molar-refractivity contribution in [3.8, 4) is 11.5 Å². The van der Waals surface area contributed by atoms with E-state index < -0.39 is 0 Å². The molecule has 1 aromatic rings. The maximum Gasteiger partial charge on any atom is 0.138 e. The largest absolute Gasteiger partial charge is 0.506 e. The average Bonchev–Trinajstić information content (AvgIpc) is 2.12. The van der Waals surface area contributed by atoms with Crippen LogP contribution in [0, 0.1) is 0 Å². The molecule has 72 valence electrons. The summed E-state index contributed by atoms with van der Waals surface area (Å²) >= 11 is 0. The standard InChI is InChI=1S/C10H15NO2/c1-3-11-9-7-8(13-4-2)5-6-10(9)12/h5-7,11-12H,3-4H2,1-2H3. The Hall–Kier alpha value is -1.38. The SMILES string of the molecule is CCNc1cc(OCC)ccc1O. The summed E-state index contributed by atoms with van der Waals surface area (Å²) in [5.74, 6) is 1.03. The van der Waals surface area contributed by atoms with Gasteiger partial charge in [0.1, 0.15) is 11.5 Å². The van der Waals surface area contributed by atoms with E-state index in [0.29, 0.717) is 12.3 Å². The highest BCUT2D eigenvalue weighted by Gasteiger charge is 2.01. The molecule has 0 saturated carbocycles. The summed E-state index contributed by atoms with van der Waals surface area (Å²) in [7, 11) is 0. The van der Waals surface area contributed by atoms with Crippen LogP contribution in [-0.4, -0.2) is 18.3 Å². The van der Waals surface area contributed by atoms with E-state index in [0.717, 1.165) is 12.3 Å². The monoisotopic (exact) mass is 181 g/mol. The van der Waals surface area contributed by atoms with Crippen LogP contribution in [-0.2, 0) is 0 Å². The van der Waals surface area contributed by atoms with Crippen LogP contribution in [0.15, 0.2) is 18.2 Å². The summed E-state index contributed by atoms with van der Waals surface area (Å²) in [5, 5.41) is 12.5. The number of anilines is 1. The fourth-order valence-corrected chi connectivity index (χ4v) is 1.10. The number of hydrogen-bond acceptors (Lipinski definition) is 3. The molecule has 0 heterocycles. The topological polar surface area (TPSA) is 41.5 Å². The molecule has 1 rings (SSSR count). The van der Waals surface area contributed by atoms with Crippen molar-refractivity contribution in [3.05, 3.63) is 18.2 Å². The third-order valence-electron chi connectivity index (χ3n) is 1.65. The molecule has 0 spiro atoms. The number of phenols is 1. The van der Waals surface area contributed by atoms with E-state index in [-0.39, 0.29) is 5.75 Å². The van der Waals surface area contributed by atoms with E-state index in [9.17, 15) is 5.11 Å². The van der Waals surface area contributed by atoms with Crippen molar-refractivity contribution >= 4 is 5.69 Å². The molecule has 2 N–H and O–H groups in total. The van der Waals surface area contributed by atoms with E-state index in [4.69, 9.17) is 4.74 Å². The number of nitrogens with one attached hydrogen (secondary N) is 1. The number of ether oxygens (including phenoxy) is 1. The molecule has 0 fully saturated rings. The molecule has 0 aliphatic heterocycles. The van der Waals surface area contributed by atoms with Crippen molar-refractivity contribution in [2.45, 2.75) is 13.8 Å². The number of phenolic OH excluding ortho intramolecular Hbond substituents is 1. The zero-order valence-corrected chi connectivity index (χ0v) is 8.00. The second kappa shape index (κ2) is 4.60. The van der Waals surface area contributed by atoms with Crippen molar-refractivity contribution in [3.63, 3.8) is 0 Å². The van der Waals surface area contributed by atoms with Gasteiger partial charge in [-0.25, -0.2) is 0 Å². The number of aromatic hydroxyl groups is 1. The normalized spacial score (nSPS) is 9.69. The van der Waals surface area contributed by atoms with Crippen LogP contribution in [0.2, 0.25) is 0 Å². The van der Waals surface area contributed by atoms with Gasteiger partial charge in [0.25, 0.3) is 0 Å². The molecule has 13 heavy (non-hydrogen) atoms. The predicted octanol–water partition coefficient (Wildman–Crippen LogP) is 2.22. The Morgan fingerprint density at radius 2 is 2.15 bits per heavy atom. The van der Waals surface area contributed by atoms with Crippen LogP contribution in [0.1, 0.15) is 13.8 Å². The third kappa shape index (κ3) is 2.54. The number of rotatable bonds is 4. The van der Waals surface area contributed by atoms with Crippen LogP contribution in [0.5, 0.6) is 11.5 Å². The lowest BCUT2D eigenvalue weighted by atomic mass is 10.2. The highest BCUT2D eigenvalue weighted by molar-refractivity contribution is 5.58. The summed E-state index contributed by atoms with van der Waals surface area (Å²) in [6.07, 6.45) is 0. The molecule has 1 aromatic carbocycles. The molecule has 3 nitrogen and oxygen atoms in total. The maximum atomic E-state index is 9.42. The van der Waals surface area contributed by atoms with Gasteiger partial charge in [0.2, 0.25) is 0 Å². The van der Waals surface area contributed by atoms with Gasteiger partial charge in [-0.3, -0.25) is 0 Å². The first-order valence-electron chi connectivity index (χ1n) is 4.47. The first-order valence-corrected chi connectivity index (χ1v) is 4.47. The van der Waals surface area contributed by atoms with Gasteiger partial charge < -0.3 is 15.2 Å². The van der Waals surface area contributed by atoms with E-state index in [1.807, 2.05) is 13.8 Å².